The topological polar surface area (TPSA) is 25.8 Å². The highest BCUT2D eigenvalue weighted by Gasteiger charge is 2.06. The first kappa shape index (κ1) is 18.0. The molecule has 0 saturated heterocycles. The molecule has 0 radical (unpaired) electrons. The molecule has 0 unspecified atom stereocenters. The van der Waals surface area contributed by atoms with Crippen LogP contribution in [0.3, 0.4) is 0 Å². The van der Waals surface area contributed by atoms with Gasteiger partial charge in [0.25, 0.3) is 0 Å². The number of rotatable bonds is 4. The van der Waals surface area contributed by atoms with E-state index in [0.29, 0.717) is 0 Å². The van der Waals surface area contributed by atoms with Crippen molar-refractivity contribution in [2.24, 2.45) is 0 Å². The summed E-state index contributed by atoms with van der Waals surface area (Å²) in [6.45, 7) is 0. The van der Waals surface area contributed by atoms with Crippen molar-refractivity contribution in [2.45, 2.75) is 0 Å². The van der Waals surface area contributed by atoms with Crippen LogP contribution in [0.1, 0.15) is 0 Å². The van der Waals surface area contributed by atoms with E-state index in [9.17, 15) is 0 Å². The first-order valence-corrected chi connectivity index (χ1v) is 9.98. The third kappa shape index (κ3) is 3.76. The maximum Gasteiger partial charge on any atom is 0.0346 e. The van der Waals surface area contributed by atoms with Gasteiger partial charge in [-0.05, 0) is 63.7 Å². The van der Waals surface area contributed by atoms with Crippen LogP contribution < -0.4 is 0 Å². The number of pyridine rings is 2. The number of benzene rings is 3. The molecule has 2 heterocycles. The Hall–Kier alpha value is -4.04. The molecule has 0 saturated carbocycles. The van der Waals surface area contributed by atoms with E-state index >= 15 is 0 Å². The van der Waals surface area contributed by atoms with Gasteiger partial charge in [-0.2, -0.15) is 0 Å². The molecular formula is C28H20N2. The van der Waals surface area contributed by atoms with Crippen LogP contribution in [0, 0.1) is 0 Å². The number of hydrogen-bond donors (Lipinski definition) is 0. The molecule has 5 aromatic rings. The molecule has 142 valence electrons. The summed E-state index contributed by atoms with van der Waals surface area (Å²) < 4.78 is 0. The van der Waals surface area contributed by atoms with Gasteiger partial charge in [-0.15, -0.1) is 0 Å². The molecule has 5 rings (SSSR count). The van der Waals surface area contributed by atoms with Crippen LogP contribution >= 0.6 is 0 Å². The number of hydrogen-bond acceptors (Lipinski definition) is 2. The lowest BCUT2D eigenvalue weighted by molar-refractivity contribution is 1.33. The van der Waals surface area contributed by atoms with E-state index in [4.69, 9.17) is 0 Å². The average Bonchev–Trinajstić information content (AvgIpc) is 2.85. The van der Waals surface area contributed by atoms with Crippen LogP contribution in [0.5, 0.6) is 0 Å². The summed E-state index contributed by atoms with van der Waals surface area (Å²) in [6.07, 6.45) is 7.41. The fourth-order valence-electron chi connectivity index (χ4n) is 3.70. The smallest absolute Gasteiger partial charge is 0.0346 e. The summed E-state index contributed by atoms with van der Waals surface area (Å²) >= 11 is 0. The zero-order chi connectivity index (χ0) is 20.2. The highest BCUT2D eigenvalue weighted by atomic mass is 14.6. The van der Waals surface area contributed by atoms with E-state index in [1.807, 2.05) is 24.5 Å². The standard InChI is InChI=1S/C28H20N2/c1-6-21(23-8-2-10-25(17-23)27-12-4-14-29-19-27)16-22(7-1)24-9-3-11-26(18-24)28-13-5-15-30-20-28/h1-20H. The second kappa shape index (κ2) is 8.14. The Morgan fingerprint density at radius 2 is 0.633 bits per heavy atom. The third-order valence-electron chi connectivity index (χ3n) is 5.24. The van der Waals surface area contributed by atoms with Crippen molar-refractivity contribution in [3.05, 3.63) is 122 Å². The average molecular weight is 384 g/mol. The molecule has 3 aromatic carbocycles. The van der Waals surface area contributed by atoms with E-state index in [1.54, 1.807) is 12.4 Å². The lowest BCUT2D eigenvalue weighted by Gasteiger charge is -2.09. The molecule has 0 aliphatic rings. The molecule has 0 aliphatic heterocycles. The minimum Gasteiger partial charge on any atom is -0.264 e. The van der Waals surface area contributed by atoms with Crippen LogP contribution in [-0.2, 0) is 0 Å². The Bertz CT molecular complexity index is 1180. The first-order chi connectivity index (χ1) is 14.9. The van der Waals surface area contributed by atoms with E-state index in [1.165, 1.54) is 33.4 Å². The zero-order valence-electron chi connectivity index (χ0n) is 16.4. The molecular weight excluding hydrogens is 364 g/mol. The van der Waals surface area contributed by atoms with E-state index in [2.05, 4.69) is 94.9 Å². The van der Waals surface area contributed by atoms with Crippen molar-refractivity contribution in [2.75, 3.05) is 0 Å². The normalized spacial score (nSPS) is 10.7. The Morgan fingerprint density at radius 3 is 0.933 bits per heavy atom. The molecule has 2 aromatic heterocycles. The summed E-state index contributed by atoms with van der Waals surface area (Å²) in [5, 5.41) is 0. The SMILES string of the molecule is c1cncc(-c2cccc(-c3cccc(-c4cccc(-c5cccnc5)c4)c3)c2)c1. The fourth-order valence-corrected chi connectivity index (χ4v) is 3.70. The van der Waals surface area contributed by atoms with Gasteiger partial charge in [-0.1, -0.05) is 66.7 Å². The van der Waals surface area contributed by atoms with Crippen molar-refractivity contribution in [1.82, 2.24) is 9.97 Å². The maximum absolute atomic E-state index is 4.25. The second-order valence-electron chi connectivity index (χ2n) is 7.23. The van der Waals surface area contributed by atoms with Crippen LogP contribution in [0.15, 0.2) is 122 Å². The van der Waals surface area contributed by atoms with Crippen molar-refractivity contribution < 1.29 is 0 Å². The summed E-state index contributed by atoms with van der Waals surface area (Å²) in [6, 6.07) is 34.1. The van der Waals surface area contributed by atoms with Crippen LogP contribution in [-0.4, -0.2) is 9.97 Å². The minimum absolute atomic E-state index is 1.12. The Balaban J connectivity index is 1.52. The van der Waals surface area contributed by atoms with Gasteiger partial charge in [-0.25, -0.2) is 0 Å². The van der Waals surface area contributed by atoms with Crippen LogP contribution in [0.4, 0.5) is 0 Å². The quantitative estimate of drug-likeness (QED) is 0.329. The molecule has 0 bridgehead atoms. The fraction of sp³-hybridized carbons (Fsp3) is 0. The lowest BCUT2D eigenvalue weighted by atomic mass is 9.95. The second-order valence-corrected chi connectivity index (χ2v) is 7.23. The van der Waals surface area contributed by atoms with E-state index < -0.39 is 0 Å². The van der Waals surface area contributed by atoms with Crippen molar-refractivity contribution in [3.63, 3.8) is 0 Å². The highest BCUT2D eigenvalue weighted by molar-refractivity contribution is 5.78. The summed E-state index contributed by atoms with van der Waals surface area (Å²) in [5.74, 6) is 0. The maximum atomic E-state index is 4.25. The summed E-state index contributed by atoms with van der Waals surface area (Å²) in [4.78, 5) is 8.49. The highest BCUT2D eigenvalue weighted by Crippen LogP contribution is 2.31. The number of aromatic nitrogens is 2. The van der Waals surface area contributed by atoms with Gasteiger partial charge in [0.05, 0.1) is 0 Å². The van der Waals surface area contributed by atoms with Crippen molar-refractivity contribution in [3.8, 4) is 44.5 Å². The lowest BCUT2D eigenvalue weighted by Crippen LogP contribution is -1.85. The van der Waals surface area contributed by atoms with Gasteiger partial charge in [0.1, 0.15) is 0 Å². The molecule has 0 amide bonds. The zero-order valence-corrected chi connectivity index (χ0v) is 16.4. The van der Waals surface area contributed by atoms with Gasteiger partial charge < -0.3 is 0 Å². The molecule has 2 nitrogen and oxygen atoms in total. The Kier molecular flexibility index (Phi) is 4.89. The molecule has 2 heteroatoms. The van der Waals surface area contributed by atoms with Gasteiger partial charge in [0.15, 0.2) is 0 Å². The van der Waals surface area contributed by atoms with E-state index in [0.717, 1.165) is 11.1 Å². The predicted octanol–water partition coefficient (Wildman–Crippen LogP) is 7.14. The minimum atomic E-state index is 1.12. The predicted molar refractivity (Wildman–Crippen MR) is 124 cm³/mol. The third-order valence-corrected chi connectivity index (χ3v) is 5.24. The van der Waals surface area contributed by atoms with E-state index in [-0.39, 0.29) is 0 Å². The van der Waals surface area contributed by atoms with Crippen molar-refractivity contribution in [1.29, 1.82) is 0 Å². The summed E-state index contributed by atoms with van der Waals surface area (Å²) in [5.41, 5.74) is 9.38. The number of nitrogens with zero attached hydrogens (tertiary/aromatic N) is 2. The summed E-state index contributed by atoms with van der Waals surface area (Å²) in [7, 11) is 0. The monoisotopic (exact) mass is 384 g/mol. The molecule has 0 aliphatic carbocycles. The van der Waals surface area contributed by atoms with Crippen LogP contribution in [0.25, 0.3) is 44.5 Å². The molecule has 0 spiro atoms. The van der Waals surface area contributed by atoms with Crippen LogP contribution in [0.2, 0.25) is 0 Å². The molecule has 30 heavy (non-hydrogen) atoms. The van der Waals surface area contributed by atoms with Gasteiger partial charge in [0.2, 0.25) is 0 Å². The molecule has 0 atom stereocenters. The molecule has 0 fully saturated rings. The Morgan fingerprint density at radius 1 is 0.333 bits per heavy atom. The van der Waals surface area contributed by atoms with Gasteiger partial charge in [-0.3, -0.25) is 9.97 Å². The largest absolute Gasteiger partial charge is 0.264 e. The Labute approximate surface area is 176 Å². The van der Waals surface area contributed by atoms with Gasteiger partial charge >= 0.3 is 0 Å². The van der Waals surface area contributed by atoms with Crippen molar-refractivity contribution >= 4 is 0 Å². The molecule has 0 N–H and O–H groups in total. The van der Waals surface area contributed by atoms with Gasteiger partial charge in [0, 0.05) is 35.9 Å². The first-order valence-electron chi connectivity index (χ1n) is 9.98.